The van der Waals surface area contributed by atoms with E-state index in [1.165, 1.54) is 25.4 Å². The minimum atomic E-state index is -1.02. The summed E-state index contributed by atoms with van der Waals surface area (Å²) in [7, 11) is 2.87. The molecular weight excluding hydrogens is 434 g/mol. The molecule has 1 fully saturated rings. The van der Waals surface area contributed by atoms with Crippen LogP contribution < -0.4 is 14.4 Å². The lowest BCUT2D eigenvalue weighted by molar-refractivity contribution is -0.132. The number of aryl methyl sites for hydroxylation is 1. The molecule has 164 valence electrons. The van der Waals surface area contributed by atoms with E-state index in [1.807, 2.05) is 6.92 Å². The first-order valence-electron chi connectivity index (χ1n) is 9.71. The summed E-state index contributed by atoms with van der Waals surface area (Å²) < 4.78 is 16.3. The van der Waals surface area contributed by atoms with Crippen LogP contribution in [0.5, 0.6) is 11.5 Å². The molecule has 1 N–H and O–H groups in total. The van der Waals surface area contributed by atoms with Crippen molar-refractivity contribution in [2.45, 2.75) is 13.0 Å². The van der Waals surface area contributed by atoms with E-state index in [-0.39, 0.29) is 22.6 Å². The number of ether oxygens (including phenoxy) is 2. The van der Waals surface area contributed by atoms with Gasteiger partial charge in [0.25, 0.3) is 11.7 Å². The highest BCUT2D eigenvalue weighted by Gasteiger charge is 2.49. The minimum Gasteiger partial charge on any atom is -0.506 e. The fraction of sp³-hybridized carbons (Fsp3) is 0.167. The number of ketones is 1. The predicted octanol–water partition coefficient (Wildman–Crippen LogP) is 4.88. The zero-order chi connectivity index (χ0) is 23.0. The van der Waals surface area contributed by atoms with Gasteiger partial charge in [-0.1, -0.05) is 23.7 Å². The van der Waals surface area contributed by atoms with E-state index in [4.69, 9.17) is 25.5 Å². The van der Waals surface area contributed by atoms with Crippen LogP contribution in [0.4, 0.5) is 5.69 Å². The van der Waals surface area contributed by atoms with E-state index in [0.29, 0.717) is 16.5 Å². The summed E-state index contributed by atoms with van der Waals surface area (Å²) in [6.45, 7) is 1.83. The van der Waals surface area contributed by atoms with Crippen molar-refractivity contribution in [3.8, 4) is 11.5 Å². The number of Topliss-reactive ketones (excluding diaryl/α,β-unsaturated/α-hetero) is 1. The zero-order valence-corrected chi connectivity index (χ0v) is 18.3. The van der Waals surface area contributed by atoms with Gasteiger partial charge in [-0.15, -0.1) is 0 Å². The van der Waals surface area contributed by atoms with E-state index < -0.39 is 23.5 Å². The Hall–Kier alpha value is -3.71. The number of aliphatic hydroxyl groups excluding tert-OH is 1. The Labute approximate surface area is 189 Å². The number of methoxy groups -OCH3 is 2. The van der Waals surface area contributed by atoms with Crippen LogP contribution >= 0.6 is 11.6 Å². The quantitative estimate of drug-likeness (QED) is 0.336. The molecule has 0 radical (unpaired) electrons. The second kappa shape index (κ2) is 8.43. The average Bonchev–Trinajstić information content (AvgIpc) is 3.41. The fourth-order valence-electron chi connectivity index (χ4n) is 3.77. The summed E-state index contributed by atoms with van der Waals surface area (Å²) in [5.41, 5.74) is 1.23. The SMILES string of the molecule is COc1cccc(OC)c1/C(O)=C1\C(=O)C(=O)N(c2ccc(C)c(Cl)c2)C1c1ccco1. The van der Waals surface area contributed by atoms with Crippen molar-refractivity contribution in [2.75, 3.05) is 19.1 Å². The number of hydrogen-bond donors (Lipinski definition) is 1. The number of nitrogens with zero attached hydrogens (tertiary/aromatic N) is 1. The van der Waals surface area contributed by atoms with Crippen LogP contribution in [0.1, 0.15) is 22.9 Å². The summed E-state index contributed by atoms with van der Waals surface area (Å²) >= 11 is 6.28. The van der Waals surface area contributed by atoms with E-state index in [1.54, 1.807) is 48.5 Å². The molecule has 1 unspecified atom stereocenters. The largest absolute Gasteiger partial charge is 0.506 e. The van der Waals surface area contributed by atoms with Crippen molar-refractivity contribution in [3.05, 3.63) is 82.3 Å². The molecule has 4 rings (SSSR count). The summed E-state index contributed by atoms with van der Waals surface area (Å²) in [4.78, 5) is 27.6. The summed E-state index contributed by atoms with van der Waals surface area (Å²) in [6.07, 6.45) is 1.43. The number of amides is 1. The third-order valence-corrected chi connectivity index (χ3v) is 5.76. The van der Waals surface area contributed by atoms with Gasteiger partial charge in [0.15, 0.2) is 0 Å². The lowest BCUT2D eigenvalue weighted by Gasteiger charge is -2.24. The Morgan fingerprint density at radius 2 is 1.75 bits per heavy atom. The van der Waals surface area contributed by atoms with Crippen LogP contribution in [-0.2, 0) is 9.59 Å². The molecule has 1 atom stereocenters. The lowest BCUT2D eigenvalue weighted by Crippen LogP contribution is -2.29. The zero-order valence-electron chi connectivity index (χ0n) is 17.6. The van der Waals surface area contributed by atoms with E-state index in [0.717, 1.165) is 5.56 Å². The first kappa shape index (κ1) is 21.5. The number of benzene rings is 2. The third kappa shape index (κ3) is 3.40. The standard InChI is InChI=1S/C24H20ClNO6/c1-13-9-10-14(12-15(13)25)26-21(18-8-5-11-32-18)20(23(28)24(26)29)22(27)19-16(30-2)6-4-7-17(19)31-3/h4-12,21,27H,1-3H3/b22-20+. The Morgan fingerprint density at radius 3 is 2.31 bits per heavy atom. The number of carbonyl (C=O) groups excluding carboxylic acids is 2. The molecule has 1 aliphatic heterocycles. The Kier molecular flexibility index (Phi) is 5.67. The molecule has 0 saturated carbocycles. The van der Waals surface area contributed by atoms with Gasteiger partial charge in [-0.3, -0.25) is 14.5 Å². The van der Waals surface area contributed by atoms with Gasteiger partial charge >= 0.3 is 0 Å². The molecule has 1 amide bonds. The number of halogens is 1. The number of aliphatic hydroxyl groups is 1. The van der Waals surface area contributed by atoms with Crippen molar-refractivity contribution >= 4 is 34.7 Å². The second-order valence-electron chi connectivity index (χ2n) is 7.16. The van der Waals surface area contributed by atoms with Crippen molar-refractivity contribution < 1.29 is 28.6 Å². The molecule has 1 saturated heterocycles. The number of furan rings is 1. The van der Waals surface area contributed by atoms with E-state index in [2.05, 4.69) is 0 Å². The van der Waals surface area contributed by atoms with Gasteiger partial charge in [0.1, 0.15) is 34.6 Å². The number of anilines is 1. The average molecular weight is 454 g/mol. The van der Waals surface area contributed by atoms with Gasteiger partial charge in [-0.05, 0) is 48.9 Å². The predicted molar refractivity (Wildman–Crippen MR) is 119 cm³/mol. The maximum Gasteiger partial charge on any atom is 0.300 e. The summed E-state index contributed by atoms with van der Waals surface area (Å²) in [6, 6.07) is 12.2. The molecule has 7 nitrogen and oxygen atoms in total. The number of hydrogen-bond acceptors (Lipinski definition) is 6. The van der Waals surface area contributed by atoms with E-state index >= 15 is 0 Å². The van der Waals surface area contributed by atoms with E-state index in [9.17, 15) is 14.7 Å². The first-order chi connectivity index (χ1) is 15.4. The normalized spacial score (nSPS) is 17.6. The molecule has 0 spiro atoms. The van der Waals surface area contributed by atoms with Crippen LogP contribution in [0.3, 0.4) is 0 Å². The first-order valence-corrected chi connectivity index (χ1v) is 10.1. The molecule has 0 bridgehead atoms. The van der Waals surface area contributed by atoms with Crippen LogP contribution in [0.2, 0.25) is 5.02 Å². The van der Waals surface area contributed by atoms with Gasteiger partial charge < -0.3 is 19.0 Å². The smallest absolute Gasteiger partial charge is 0.300 e. The topological polar surface area (TPSA) is 89.2 Å². The maximum absolute atomic E-state index is 13.2. The van der Waals surface area contributed by atoms with Crippen LogP contribution in [-0.4, -0.2) is 31.0 Å². The molecule has 1 aliphatic rings. The highest BCUT2D eigenvalue weighted by molar-refractivity contribution is 6.51. The van der Waals surface area contributed by atoms with Crippen molar-refractivity contribution in [1.29, 1.82) is 0 Å². The summed E-state index contributed by atoms with van der Waals surface area (Å²) in [5, 5.41) is 11.8. The molecule has 0 aliphatic carbocycles. The molecule has 2 heterocycles. The third-order valence-electron chi connectivity index (χ3n) is 5.36. The molecular formula is C24H20ClNO6. The van der Waals surface area contributed by atoms with Crippen LogP contribution in [0, 0.1) is 6.92 Å². The van der Waals surface area contributed by atoms with Gasteiger partial charge in [0.05, 0.1) is 26.1 Å². The van der Waals surface area contributed by atoms with Gasteiger partial charge in [-0.25, -0.2) is 0 Å². The van der Waals surface area contributed by atoms with Crippen molar-refractivity contribution in [3.63, 3.8) is 0 Å². The molecule has 8 heteroatoms. The molecule has 2 aromatic carbocycles. The van der Waals surface area contributed by atoms with Gasteiger partial charge in [-0.2, -0.15) is 0 Å². The Balaban J connectivity index is 1.99. The van der Waals surface area contributed by atoms with Gasteiger partial charge in [0.2, 0.25) is 0 Å². The number of carbonyl (C=O) groups is 2. The van der Waals surface area contributed by atoms with Crippen molar-refractivity contribution in [1.82, 2.24) is 0 Å². The Morgan fingerprint density at radius 1 is 1.06 bits per heavy atom. The fourth-order valence-corrected chi connectivity index (χ4v) is 3.94. The monoisotopic (exact) mass is 453 g/mol. The van der Waals surface area contributed by atoms with Crippen LogP contribution in [0.15, 0.2) is 64.8 Å². The minimum absolute atomic E-state index is 0.149. The highest BCUT2D eigenvalue weighted by Crippen LogP contribution is 2.45. The summed E-state index contributed by atoms with van der Waals surface area (Å²) in [5.74, 6) is -1.25. The molecule has 3 aromatic rings. The van der Waals surface area contributed by atoms with Crippen LogP contribution in [0.25, 0.3) is 5.76 Å². The molecule has 1 aromatic heterocycles. The maximum atomic E-state index is 13.2. The molecule has 32 heavy (non-hydrogen) atoms. The van der Waals surface area contributed by atoms with Gasteiger partial charge in [0, 0.05) is 10.7 Å². The highest BCUT2D eigenvalue weighted by atomic mass is 35.5. The second-order valence-corrected chi connectivity index (χ2v) is 7.56. The lowest BCUT2D eigenvalue weighted by atomic mass is 9.98. The van der Waals surface area contributed by atoms with Crippen molar-refractivity contribution in [2.24, 2.45) is 0 Å². The Bertz CT molecular complexity index is 1210. The number of rotatable bonds is 5.